The van der Waals surface area contributed by atoms with E-state index in [1.807, 2.05) is 30.3 Å². The number of benzene rings is 4. The minimum Gasteiger partial charge on any atom is -0.497 e. The molecule has 0 spiro atoms. The summed E-state index contributed by atoms with van der Waals surface area (Å²) >= 11 is 6.28. The molecule has 1 atom stereocenters. The molecule has 0 aliphatic carbocycles. The maximum atomic E-state index is 14.5. The van der Waals surface area contributed by atoms with Crippen molar-refractivity contribution in [3.8, 4) is 11.5 Å². The second-order valence-electron chi connectivity index (χ2n) is 10.1. The van der Waals surface area contributed by atoms with E-state index in [-0.39, 0.29) is 35.2 Å². The van der Waals surface area contributed by atoms with Gasteiger partial charge in [-0.25, -0.2) is 8.42 Å². The number of sulfonamides is 1. The van der Waals surface area contributed by atoms with Gasteiger partial charge < -0.3 is 19.7 Å². The molecule has 2 amide bonds. The number of methoxy groups -OCH3 is 2. The van der Waals surface area contributed by atoms with Crippen LogP contribution in [0.25, 0.3) is 0 Å². The van der Waals surface area contributed by atoms with Crippen LogP contribution in [-0.4, -0.2) is 58.5 Å². The van der Waals surface area contributed by atoms with Crippen molar-refractivity contribution in [1.29, 1.82) is 0 Å². The number of likely N-dealkylation sites (N-methyl/N-ethyl adjacent to an activating group) is 1. The lowest BCUT2D eigenvalue weighted by Gasteiger charge is -2.34. The summed E-state index contributed by atoms with van der Waals surface area (Å²) in [5.41, 5.74) is 1.69. The zero-order valence-electron chi connectivity index (χ0n) is 25.4. The Morgan fingerprint density at radius 1 is 0.844 bits per heavy atom. The normalized spacial score (nSPS) is 11.7. The molecule has 0 bridgehead atoms. The fraction of sp³-hybridized carbons (Fsp3) is 0.235. The number of anilines is 1. The van der Waals surface area contributed by atoms with E-state index in [0.29, 0.717) is 22.9 Å². The van der Waals surface area contributed by atoms with Crippen LogP contribution < -0.4 is 19.1 Å². The van der Waals surface area contributed by atoms with Crippen molar-refractivity contribution < 1.29 is 27.5 Å². The van der Waals surface area contributed by atoms with Crippen molar-refractivity contribution in [1.82, 2.24) is 10.2 Å². The lowest BCUT2D eigenvalue weighted by molar-refractivity contribution is -0.140. The standard InChI is InChI=1S/C34H36ClN3O6S/c1-4-36-34(40)31(22-25-11-6-5-7-12-25)37(23-26-13-10-14-27(35)21-26)33(39)24-38(30-15-8-9-16-32(30)44-3)45(41,42)29-19-17-28(43-2)18-20-29/h5-21,31H,4,22-24H2,1-3H3,(H,36,40)/t31-/m1/s1. The number of rotatable bonds is 14. The monoisotopic (exact) mass is 649 g/mol. The zero-order valence-corrected chi connectivity index (χ0v) is 26.9. The molecule has 9 nitrogen and oxygen atoms in total. The van der Waals surface area contributed by atoms with Gasteiger partial charge in [0.2, 0.25) is 11.8 Å². The molecule has 4 aromatic rings. The van der Waals surface area contributed by atoms with Gasteiger partial charge in [-0.1, -0.05) is 66.2 Å². The predicted molar refractivity (Wildman–Crippen MR) is 175 cm³/mol. The van der Waals surface area contributed by atoms with Crippen molar-refractivity contribution in [3.63, 3.8) is 0 Å². The molecule has 0 fully saturated rings. The average molecular weight is 650 g/mol. The summed E-state index contributed by atoms with van der Waals surface area (Å²) in [6.45, 7) is 1.55. The van der Waals surface area contributed by atoms with Crippen LogP contribution >= 0.6 is 11.6 Å². The molecule has 0 saturated heterocycles. The number of ether oxygens (including phenoxy) is 2. The summed E-state index contributed by atoms with van der Waals surface area (Å²) in [7, 11) is -1.40. The molecule has 236 valence electrons. The number of hydrogen-bond acceptors (Lipinski definition) is 6. The number of nitrogens with one attached hydrogen (secondary N) is 1. The van der Waals surface area contributed by atoms with E-state index >= 15 is 0 Å². The lowest BCUT2D eigenvalue weighted by atomic mass is 10.0. The minimum atomic E-state index is -4.31. The van der Waals surface area contributed by atoms with Crippen LogP contribution in [0.2, 0.25) is 5.02 Å². The molecule has 0 radical (unpaired) electrons. The quantitative estimate of drug-likeness (QED) is 0.198. The van der Waals surface area contributed by atoms with Crippen molar-refractivity contribution in [2.24, 2.45) is 0 Å². The van der Waals surface area contributed by atoms with Gasteiger partial charge in [-0.15, -0.1) is 0 Å². The Labute approximate surface area is 269 Å². The summed E-state index contributed by atoms with van der Waals surface area (Å²) < 4.78 is 40.2. The van der Waals surface area contributed by atoms with Gasteiger partial charge in [0, 0.05) is 24.5 Å². The summed E-state index contributed by atoms with van der Waals surface area (Å²) in [6, 6.07) is 27.8. The van der Waals surface area contributed by atoms with Crippen molar-refractivity contribution in [2.45, 2.75) is 30.8 Å². The van der Waals surface area contributed by atoms with Crippen LogP contribution in [0.3, 0.4) is 0 Å². The Kier molecular flexibility index (Phi) is 11.5. The van der Waals surface area contributed by atoms with Gasteiger partial charge in [0.1, 0.15) is 24.1 Å². The molecular formula is C34H36ClN3O6S. The predicted octanol–water partition coefficient (Wildman–Crippen LogP) is 5.33. The summed E-state index contributed by atoms with van der Waals surface area (Å²) in [6.07, 6.45) is 0.207. The summed E-state index contributed by atoms with van der Waals surface area (Å²) in [5.74, 6) is -0.218. The Hall–Kier alpha value is -4.54. The molecule has 0 aliphatic rings. The van der Waals surface area contributed by atoms with E-state index in [9.17, 15) is 18.0 Å². The number of nitrogens with zero attached hydrogens (tertiary/aromatic N) is 2. The smallest absolute Gasteiger partial charge is 0.264 e. The largest absolute Gasteiger partial charge is 0.497 e. The van der Waals surface area contributed by atoms with E-state index < -0.39 is 28.5 Å². The van der Waals surface area contributed by atoms with E-state index in [1.165, 1.54) is 43.4 Å². The van der Waals surface area contributed by atoms with Crippen molar-refractivity contribution >= 4 is 39.1 Å². The highest BCUT2D eigenvalue weighted by Crippen LogP contribution is 2.33. The fourth-order valence-corrected chi connectivity index (χ4v) is 6.54. The molecule has 1 N–H and O–H groups in total. The molecule has 4 rings (SSSR count). The Balaban J connectivity index is 1.82. The van der Waals surface area contributed by atoms with Crippen LogP contribution in [0.1, 0.15) is 18.1 Å². The van der Waals surface area contributed by atoms with E-state index in [2.05, 4.69) is 5.32 Å². The molecule has 45 heavy (non-hydrogen) atoms. The second kappa shape index (κ2) is 15.5. The number of para-hydroxylation sites is 2. The topological polar surface area (TPSA) is 105 Å². The van der Waals surface area contributed by atoms with Gasteiger partial charge in [-0.05, 0) is 66.6 Å². The molecule has 0 aromatic heterocycles. The summed E-state index contributed by atoms with van der Waals surface area (Å²) in [5, 5.41) is 3.31. The Morgan fingerprint density at radius 3 is 2.16 bits per heavy atom. The van der Waals surface area contributed by atoms with E-state index in [0.717, 1.165) is 9.87 Å². The third-order valence-electron chi connectivity index (χ3n) is 7.14. The Bertz CT molecular complexity index is 1700. The van der Waals surface area contributed by atoms with Gasteiger partial charge in [0.05, 0.1) is 24.8 Å². The molecule has 0 saturated carbocycles. The number of amides is 2. The maximum Gasteiger partial charge on any atom is 0.264 e. The zero-order chi connectivity index (χ0) is 32.4. The van der Waals surface area contributed by atoms with Crippen LogP contribution in [0.5, 0.6) is 11.5 Å². The van der Waals surface area contributed by atoms with Crippen LogP contribution in [0.4, 0.5) is 5.69 Å². The molecule has 0 aliphatic heterocycles. The first kappa shape index (κ1) is 33.4. The number of hydrogen-bond donors (Lipinski definition) is 1. The molecular weight excluding hydrogens is 614 g/mol. The first-order valence-corrected chi connectivity index (χ1v) is 16.1. The fourth-order valence-electron chi connectivity index (χ4n) is 4.90. The van der Waals surface area contributed by atoms with Gasteiger partial charge >= 0.3 is 0 Å². The number of carbonyl (C=O) groups is 2. The third kappa shape index (κ3) is 8.34. The molecule has 0 heterocycles. The average Bonchev–Trinajstić information content (AvgIpc) is 3.05. The second-order valence-corrected chi connectivity index (χ2v) is 12.4. The van der Waals surface area contributed by atoms with Gasteiger partial charge in [-0.2, -0.15) is 0 Å². The minimum absolute atomic E-state index is 0.0103. The van der Waals surface area contributed by atoms with Crippen molar-refractivity contribution in [3.05, 3.63) is 119 Å². The first-order valence-electron chi connectivity index (χ1n) is 14.3. The van der Waals surface area contributed by atoms with Crippen LogP contribution in [0.15, 0.2) is 108 Å². The SMILES string of the molecule is CCNC(=O)[C@@H](Cc1ccccc1)N(Cc1cccc(Cl)c1)C(=O)CN(c1ccccc1OC)S(=O)(=O)c1ccc(OC)cc1. The lowest BCUT2D eigenvalue weighted by Crippen LogP contribution is -2.53. The van der Waals surface area contributed by atoms with Crippen LogP contribution in [-0.2, 0) is 32.6 Å². The molecule has 0 unspecified atom stereocenters. The highest BCUT2D eigenvalue weighted by molar-refractivity contribution is 7.92. The van der Waals surface area contributed by atoms with Gasteiger partial charge in [0.25, 0.3) is 10.0 Å². The first-order chi connectivity index (χ1) is 21.7. The van der Waals surface area contributed by atoms with Crippen LogP contribution in [0, 0.1) is 0 Å². The Morgan fingerprint density at radius 2 is 1.51 bits per heavy atom. The highest BCUT2D eigenvalue weighted by atomic mass is 35.5. The van der Waals surface area contributed by atoms with E-state index in [1.54, 1.807) is 55.5 Å². The van der Waals surface area contributed by atoms with E-state index in [4.69, 9.17) is 21.1 Å². The van der Waals surface area contributed by atoms with Crippen molar-refractivity contribution in [2.75, 3.05) is 31.6 Å². The molecule has 11 heteroatoms. The highest BCUT2D eigenvalue weighted by Gasteiger charge is 2.35. The molecule has 4 aromatic carbocycles. The third-order valence-corrected chi connectivity index (χ3v) is 9.15. The number of carbonyl (C=O) groups excluding carboxylic acids is 2. The van der Waals surface area contributed by atoms with Gasteiger partial charge in [-0.3, -0.25) is 13.9 Å². The summed E-state index contributed by atoms with van der Waals surface area (Å²) in [4.78, 5) is 29.4. The number of halogens is 1. The maximum absolute atomic E-state index is 14.5. The van der Waals surface area contributed by atoms with Gasteiger partial charge in [0.15, 0.2) is 0 Å².